The Hall–Kier alpha value is -1.10. The molecule has 1 aromatic rings. The Kier molecular flexibility index (Phi) is 4.73. The Bertz CT molecular complexity index is 443. The molecule has 0 aliphatic carbocycles. The van der Waals surface area contributed by atoms with Gasteiger partial charge in [-0.1, -0.05) is 22.0 Å². The summed E-state index contributed by atoms with van der Waals surface area (Å²) in [4.78, 5) is 13.1. The van der Waals surface area contributed by atoms with Crippen molar-refractivity contribution >= 4 is 22.0 Å². The van der Waals surface area contributed by atoms with E-state index in [0.717, 1.165) is 0 Å². The van der Waals surface area contributed by atoms with Gasteiger partial charge in [0.05, 0.1) is 6.54 Å². The molecule has 0 saturated carbocycles. The van der Waals surface area contributed by atoms with Crippen LogP contribution in [-0.4, -0.2) is 23.6 Å². The van der Waals surface area contributed by atoms with Gasteiger partial charge in [0.1, 0.15) is 11.4 Å². The molecule has 0 spiro atoms. The monoisotopic (exact) mass is 317 g/mol. The van der Waals surface area contributed by atoms with E-state index in [4.69, 9.17) is 4.74 Å². The largest absolute Gasteiger partial charge is 0.444 e. The van der Waals surface area contributed by atoms with E-state index in [1.165, 1.54) is 11.0 Å². The third-order valence-corrected chi connectivity index (χ3v) is 2.62. The van der Waals surface area contributed by atoms with Crippen LogP contribution in [-0.2, 0) is 11.3 Å². The average molecular weight is 318 g/mol. The first kappa shape index (κ1) is 15.0. The summed E-state index contributed by atoms with van der Waals surface area (Å²) in [6.07, 6.45) is -0.468. The molecule has 0 saturated heterocycles. The van der Waals surface area contributed by atoms with Crippen molar-refractivity contribution in [2.75, 3.05) is 7.05 Å². The van der Waals surface area contributed by atoms with E-state index in [0.29, 0.717) is 10.0 Å². The molecule has 0 aromatic heterocycles. The molecule has 1 aromatic carbocycles. The molecule has 5 heteroatoms. The Morgan fingerprint density at radius 3 is 2.56 bits per heavy atom. The zero-order valence-electron chi connectivity index (χ0n) is 11.0. The van der Waals surface area contributed by atoms with Crippen LogP contribution in [0.15, 0.2) is 22.7 Å². The molecule has 1 amide bonds. The van der Waals surface area contributed by atoms with Gasteiger partial charge in [0.25, 0.3) is 0 Å². The van der Waals surface area contributed by atoms with Crippen LogP contribution < -0.4 is 0 Å². The second-order valence-electron chi connectivity index (χ2n) is 5.07. The number of carbonyl (C=O) groups is 1. The standard InChI is InChI=1S/C13H17BrFNO2/c1-13(2,3)18-12(17)16(4)8-9-5-6-10(14)7-11(9)15/h5-7H,8H2,1-4H3. The van der Waals surface area contributed by atoms with Crippen LogP contribution >= 0.6 is 15.9 Å². The maximum Gasteiger partial charge on any atom is 0.410 e. The van der Waals surface area contributed by atoms with Crippen molar-refractivity contribution in [2.45, 2.75) is 32.9 Å². The number of hydrogen-bond acceptors (Lipinski definition) is 2. The van der Waals surface area contributed by atoms with E-state index in [9.17, 15) is 9.18 Å². The van der Waals surface area contributed by atoms with Crippen LogP contribution in [0, 0.1) is 5.82 Å². The lowest BCUT2D eigenvalue weighted by Crippen LogP contribution is -2.34. The fourth-order valence-corrected chi connectivity index (χ4v) is 1.64. The number of benzene rings is 1. The van der Waals surface area contributed by atoms with Crippen LogP contribution in [0.2, 0.25) is 0 Å². The van der Waals surface area contributed by atoms with Crippen LogP contribution in [0.1, 0.15) is 26.3 Å². The highest BCUT2D eigenvalue weighted by atomic mass is 79.9. The molecule has 0 N–H and O–H groups in total. The Morgan fingerprint density at radius 1 is 1.44 bits per heavy atom. The van der Waals surface area contributed by atoms with Gasteiger partial charge < -0.3 is 9.64 Å². The highest BCUT2D eigenvalue weighted by molar-refractivity contribution is 9.10. The van der Waals surface area contributed by atoms with Crippen LogP contribution in [0.3, 0.4) is 0 Å². The predicted molar refractivity (Wildman–Crippen MR) is 71.8 cm³/mol. The first-order chi connectivity index (χ1) is 8.19. The SMILES string of the molecule is CN(Cc1ccc(Br)cc1F)C(=O)OC(C)(C)C. The number of ether oxygens (including phenoxy) is 1. The van der Waals surface area contributed by atoms with Gasteiger partial charge >= 0.3 is 6.09 Å². The van der Waals surface area contributed by atoms with Crippen molar-refractivity contribution in [3.8, 4) is 0 Å². The summed E-state index contributed by atoms with van der Waals surface area (Å²) in [6.45, 7) is 5.55. The maximum atomic E-state index is 13.6. The molecule has 0 aliphatic rings. The van der Waals surface area contributed by atoms with Gasteiger partial charge in [-0.3, -0.25) is 0 Å². The molecule has 1 rings (SSSR count). The van der Waals surface area contributed by atoms with E-state index in [2.05, 4.69) is 15.9 Å². The molecule has 0 bridgehead atoms. The summed E-state index contributed by atoms with van der Waals surface area (Å²) in [7, 11) is 1.58. The number of hydrogen-bond donors (Lipinski definition) is 0. The maximum absolute atomic E-state index is 13.6. The average Bonchev–Trinajstić information content (AvgIpc) is 2.19. The van der Waals surface area contributed by atoms with Gasteiger partial charge in [-0.25, -0.2) is 9.18 Å². The molecule has 3 nitrogen and oxygen atoms in total. The zero-order valence-corrected chi connectivity index (χ0v) is 12.5. The molecule has 0 unspecified atom stereocenters. The number of halogens is 2. The van der Waals surface area contributed by atoms with Crippen molar-refractivity contribution in [2.24, 2.45) is 0 Å². The molecule has 0 atom stereocenters. The normalized spacial score (nSPS) is 11.2. The minimum Gasteiger partial charge on any atom is -0.444 e. The minimum atomic E-state index is -0.552. The third-order valence-electron chi connectivity index (χ3n) is 2.13. The van der Waals surface area contributed by atoms with Gasteiger partial charge in [-0.05, 0) is 32.9 Å². The van der Waals surface area contributed by atoms with Crippen molar-refractivity contribution in [3.05, 3.63) is 34.1 Å². The molecule has 0 heterocycles. The summed E-state index contributed by atoms with van der Waals surface area (Å²) >= 11 is 3.19. The number of nitrogens with zero attached hydrogens (tertiary/aromatic N) is 1. The van der Waals surface area contributed by atoms with E-state index in [1.807, 2.05) is 0 Å². The molecular formula is C13H17BrFNO2. The Balaban J connectivity index is 2.69. The first-order valence-corrected chi connectivity index (χ1v) is 6.36. The number of amides is 1. The van der Waals surface area contributed by atoms with Crippen LogP contribution in [0.4, 0.5) is 9.18 Å². The van der Waals surface area contributed by atoms with Crippen molar-refractivity contribution in [3.63, 3.8) is 0 Å². The zero-order chi connectivity index (χ0) is 13.9. The second kappa shape index (κ2) is 5.69. The quantitative estimate of drug-likeness (QED) is 0.826. The Labute approximate surface area is 115 Å². The van der Waals surface area contributed by atoms with Crippen molar-refractivity contribution in [1.82, 2.24) is 4.90 Å². The van der Waals surface area contributed by atoms with Gasteiger partial charge in [0, 0.05) is 17.1 Å². The Morgan fingerprint density at radius 2 is 2.06 bits per heavy atom. The second-order valence-corrected chi connectivity index (χ2v) is 5.99. The molecule has 0 fully saturated rings. The van der Waals surface area contributed by atoms with Gasteiger partial charge in [0.15, 0.2) is 0 Å². The smallest absolute Gasteiger partial charge is 0.410 e. The summed E-state index contributed by atoms with van der Waals surface area (Å²) in [5, 5.41) is 0. The molecular weight excluding hydrogens is 301 g/mol. The number of rotatable bonds is 2. The lowest BCUT2D eigenvalue weighted by molar-refractivity contribution is 0.0284. The van der Waals surface area contributed by atoms with Crippen molar-refractivity contribution in [1.29, 1.82) is 0 Å². The molecule has 0 aliphatic heterocycles. The predicted octanol–water partition coefficient (Wildman–Crippen LogP) is 3.96. The number of carbonyl (C=O) groups excluding carboxylic acids is 1. The van der Waals surface area contributed by atoms with Gasteiger partial charge in [-0.15, -0.1) is 0 Å². The van der Waals surface area contributed by atoms with Gasteiger partial charge in [0.2, 0.25) is 0 Å². The van der Waals surface area contributed by atoms with Crippen LogP contribution in [0.25, 0.3) is 0 Å². The molecule has 18 heavy (non-hydrogen) atoms. The molecule has 0 radical (unpaired) electrons. The first-order valence-electron chi connectivity index (χ1n) is 5.57. The fourth-order valence-electron chi connectivity index (χ4n) is 1.31. The van der Waals surface area contributed by atoms with E-state index < -0.39 is 11.7 Å². The van der Waals surface area contributed by atoms with E-state index >= 15 is 0 Å². The van der Waals surface area contributed by atoms with Crippen molar-refractivity contribution < 1.29 is 13.9 Å². The molecule has 100 valence electrons. The van der Waals surface area contributed by atoms with Crippen LogP contribution in [0.5, 0.6) is 0 Å². The highest BCUT2D eigenvalue weighted by Gasteiger charge is 2.20. The minimum absolute atomic E-state index is 0.175. The third kappa shape index (κ3) is 4.64. The van der Waals surface area contributed by atoms with E-state index in [-0.39, 0.29) is 12.4 Å². The topological polar surface area (TPSA) is 29.5 Å². The lowest BCUT2D eigenvalue weighted by atomic mass is 10.2. The lowest BCUT2D eigenvalue weighted by Gasteiger charge is -2.24. The summed E-state index contributed by atoms with van der Waals surface area (Å²) in [5.41, 5.74) is -0.101. The van der Waals surface area contributed by atoms with E-state index in [1.54, 1.807) is 40.0 Å². The highest BCUT2D eigenvalue weighted by Crippen LogP contribution is 2.17. The van der Waals surface area contributed by atoms with Gasteiger partial charge in [-0.2, -0.15) is 0 Å². The summed E-state index contributed by atoms with van der Waals surface area (Å²) in [5.74, 6) is -0.347. The fraction of sp³-hybridized carbons (Fsp3) is 0.462. The summed E-state index contributed by atoms with van der Waals surface area (Å²) < 4.78 is 19.5. The summed E-state index contributed by atoms with van der Waals surface area (Å²) in [6, 6.07) is 4.75.